The van der Waals surface area contributed by atoms with Crippen molar-refractivity contribution in [3.63, 3.8) is 0 Å². The van der Waals surface area contributed by atoms with Crippen molar-refractivity contribution >= 4 is 17.4 Å². The molecule has 3 rings (SSSR count). The quantitative estimate of drug-likeness (QED) is 0.238. The molecule has 0 radical (unpaired) electrons. The van der Waals surface area contributed by atoms with Crippen LogP contribution >= 0.6 is 0 Å². The maximum Gasteiger partial charge on any atom is 0.295 e. The summed E-state index contributed by atoms with van der Waals surface area (Å²) in [5.41, 5.74) is 0.455. The fourth-order valence-electron chi connectivity index (χ4n) is 3.69. The molecule has 1 N–H and O–H groups in total. The minimum absolute atomic E-state index is 0.0231. The van der Waals surface area contributed by atoms with Crippen molar-refractivity contribution in [1.82, 2.24) is 4.90 Å². The number of aliphatic hydroxyl groups excluding tert-OH is 1. The van der Waals surface area contributed by atoms with Crippen molar-refractivity contribution < 1.29 is 28.6 Å². The molecule has 33 heavy (non-hydrogen) atoms. The number of likely N-dealkylation sites (tertiary alicyclic amines) is 1. The number of Topliss-reactive ketones (excluding diaryl/α,β-unsaturated/α-hetero) is 1. The van der Waals surface area contributed by atoms with E-state index in [1.165, 1.54) is 4.90 Å². The molecule has 7 nitrogen and oxygen atoms in total. The van der Waals surface area contributed by atoms with Crippen LogP contribution in [0.2, 0.25) is 0 Å². The van der Waals surface area contributed by atoms with Gasteiger partial charge < -0.3 is 23.9 Å². The van der Waals surface area contributed by atoms with Gasteiger partial charge in [-0.25, -0.2) is 0 Å². The molecule has 1 fully saturated rings. The van der Waals surface area contributed by atoms with E-state index in [0.717, 1.165) is 0 Å². The van der Waals surface area contributed by atoms with Gasteiger partial charge in [0, 0.05) is 18.7 Å². The maximum atomic E-state index is 13.0. The minimum Gasteiger partial charge on any atom is -0.507 e. The molecule has 1 aromatic carbocycles. The highest BCUT2D eigenvalue weighted by atomic mass is 16.5. The summed E-state index contributed by atoms with van der Waals surface area (Å²) in [6.45, 7) is 11.1. The minimum atomic E-state index is -0.797. The van der Waals surface area contributed by atoms with Crippen LogP contribution in [-0.2, 0) is 14.3 Å². The van der Waals surface area contributed by atoms with Crippen molar-refractivity contribution in [1.29, 1.82) is 0 Å². The zero-order valence-electron chi connectivity index (χ0n) is 20.0. The monoisotopic (exact) mass is 455 g/mol. The summed E-state index contributed by atoms with van der Waals surface area (Å²) >= 11 is 0. The van der Waals surface area contributed by atoms with E-state index in [-0.39, 0.29) is 17.4 Å². The number of aliphatic hydroxyl groups is 1. The normalized spacial score (nSPS) is 18.0. The summed E-state index contributed by atoms with van der Waals surface area (Å²) in [4.78, 5) is 27.4. The van der Waals surface area contributed by atoms with Crippen LogP contribution in [0.25, 0.3) is 5.76 Å². The van der Waals surface area contributed by atoms with Gasteiger partial charge in [-0.15, -0.1) is 0 Å². The molecule has 1 saturated heterocycles. The van der Waals surface area contributed by atoms with Crippen molar-refractivity contribution in [3.8, 4) is 5.75 Å². The lowest BCUT2D eigenvalue weighted by Crippen LogP contribution is -2.31. The smallest absolute Gasteiger partial charge is 0.295 e. The first-order valence-electron chi connectivity index (χ1n) is 11.4. The molecule has 1 aliphatic heterocycles. The molecule has 178 valence electrons. The summed E-state index contributed by atoms with van der Waals surface area (Å²) in [6, 6.07) is 9.55. The number of nitrogens with zero attached hydrogens (tertiary/aromatic N) is 1. The van der Waals surface area contributed by atoms with E-state index >= 15 is 0 Å². The molecule has 2 aromatic rings. The Morgan fingerprint density at radius 3 is 2.36 bits per heavy atom. The SMILES string of the molecule is Cc1ccc(C2/C(=C(/O)c3ccc(OCC(C)C)cc3)C(=O)C(=O)N2CCCOC(C)C)o1. The average Bonchev–Trinajstić information content (AvgIpc) is 3.30. The van der Waals surface area contributed by atoms with Crippen molar-refractivity contribution in [2.45, 2.75) is 53.2 Å². The Kier molecular flexibility index (Phi) is 7.97. The zero-order chi connectivity index (χ0) is 24.1. The van der Waals surface area contributed by atoms with Gasteiger partial charge in [-0.2, -0.15) is 0 Å². The van der Waals surface area contributed by atoms with Gasteiger partial charge in [0.05, 0.1) is 18.3 Å². The number of amides is 1. The molecule has 7 heteroatoms. The zero-order valence-corrected chi connectivity index (χ0v) is 20.0. The number of rotatable bonds is 10. The molecule has 1 atom stereocenters. The van der Waals surface area contributed by atoms with Gasteiger partial charge in [-0.3, -0.25) is 9.59 Å². The molecular weight excluding hydrogens is 422 g/mol. The summed E-state index contributed by atoms with van der Waals surface area (Å²) < 4.78 is 17.1. The van der Waals surface area contributed by atoms with Gasteiger partial charge in [0.15, 0.2) is 0 Å². The first-order chi connectivity index (χ1) is 15.7. The topological polar surface area (TPSA) is 89.2 Å². The van der Waals surface area contributed by atoms with Crippen molar-refractivity contribution in [3.05, 3.63) is 59.1 Å². The fourth-order valence-corrected chi connectivity index (χ4v) is 3.69. The predicted octanol–water partition coefficient (Wildman–Crippen LogP) is 4.86. The van der Waals surface area contributed by atoms with Crippen LogP contribution in [0.4, 0.5) is 0 Å². The second-order valence-corrected chi connectivity index (χ2v) is 8.94. The van der Waals surface area contributed by atoms with Gasteiger partial charge in [0.1, 0.15) is 29.1 Å². The van der Waals surface area contributed by atoms with Crippen LogP contribution < -0.4 is 4.74 Å². The van der Waals surface area contributed by atoms with Gasteiger partial charge >= 0.3 is 0 Å². The lowest BCUT2D eigenvalue weighted by molar-refractivity contribution is -0.140. The van der Waals surface area contributed by atoms with Crippen molar-refractivity contribution in [2.24, 2.45) is 5.92 Å². The molecule has 0 bridgehead atoms. The maximum absolute atomic E-state index is 13.0. The number of hydrogen-bond donors (Lipinski definition) is 1. The van der Waals surface area contributed by atoms with E-state index in [1.807, 2.05) is 13.8 Å². The van der Waals surface area contributed by atoms with E-state index in [0.29, 0.717) is 54.9 Å². The third-order valence-corrected chi connectivity index (χ3v) is 5.28. The molecule has 0 saturated carbocycles. The molecule has 0 aliphatic carbocycles. The average molecular weight is 456 g/mol. The molecule has 2 heterocycles. The van der Waals surface area contributed by atoms with E-state index in [9.17, 15) is 14.7 Å². The van der Waals surface area contributed by atoms with Crippen LogP contribution in [-0.4, -0.2) is 47.6 Å². The Balaban J connectivity index is 1.92. The summed E-state index contributed by atoms with van der Waals surface area (Å²) in [6.07, 6.45) is 0.639. The third-order valence-electron chi connectivity index (χ3n) is 5.28. The predicted molar refractivity (Wildman–Crippen MR) is 125 cm³/mol. The second-order valence-electron chi connectivity index (χ2n) is 8.94. The molecule has 1 aromatic heterocycles. The highest BCUT2D eigenvalue weighted by molar-refractivity contribution is 6.46. The second kappa shape index (κ2) is 10.7. The molecule has 1 aliphatic rings. The number of carbonyl (C=O) groups excluding carboxylic acids is 2. The van der Waals surface area contributed by atoms with Crippen LogP contribution in [0.3, 0.4) is 0 Å². The Labute approximate surface area is 195 Å². The lowest BCUT2D eigenvalue weighted by Gasteiger charge is -2.23. The highest BCUT2D eigenvalue weighted by Gasteiger charge is 2.47. The van der Waals surface area contributed by atoms with Crippen molar-refractivity contribution in [2.75, 3.05) is 19.8 Å². The Morgan fingerprint density at radius 1 is 1.09 bits per heavy atom. The summed E-state index contributed by atoms with van der Waals surface area (Å²) in [7, 11) is 0. The Hall–Kier alpha value is -3.06. The number of carbonyl (C=O) groups is 2. The number of ether oxygens (including phenoxy) is 2. The standard InChI is InChI=1S/C26H33NO6/c1-16(2)15-32-20-10-8-19(9-11-20)24(28)22-23(21-12-7-18(5)33-21)27(26(30)25(22)29)13-6-14-31-17(3)4/h7-12,16-17,23,28H,6,13-15H2,1-5H3/b24-22-. The van der Waals surface area contributed by atoms with Crippen LogP contribution in [0, 0.1) is 12.8 Å². The highest BCUT2D eigenvalue weighted by Crippen LogP contribution is 2.40. The van der Waals surface area contributed by atoms with Crippen LogP contribution in [0.15, 0.2) is 46.4 Å². The van der Waals surface area contributed by atoms with Crippen LogP contribution in [0.1, 0.15) is 57.2 Å². The van der Waals surface area contributed by atoms with Gasteiger partial charge in [0.2, 0.25) is 0 Å². The fraction of sp³-hybridized carbons (Fsp3) is 0.462. The number of aryl methyl sites for hydroxylation is 1. The molecular formula is C26H33NO6. The molecule has 0 spiro atoms. The van der Waals surface area contributed by atoms with Gasteiger partial charge in [-0.1, -0.05) is 13.8 Å². The van der Waals surface area contributed by atoms with E-state index < -0.39 is 17.7 Å². The molecule has 1 amide bonds. The Morgan fingerprint density at radius 2 is 1.79 bits per heavy atom. The van der Waals surface area contributed by atoms with E-state index in [4.69, 9.17) is 13.9 Å². The van der Waals surface area contributed by atoms with Gasteiger partial charge in [0.25, 0.3) is 11.7 Å². The largest absolute Gasteiger partial charge is 0.507 e. The van der Waals surface area contributed by atoms with Crippen LogP contribution in [0.5, 0.6) is 5.75 Å². The number of ketones is 1. The van der Waals surface area contributed by atoms with E-state index in [1.54, 1.807) is 43.3 Å². The number of hydrogen-bond acceptors (Lipinski definition) is 6. The van der Waals surface area contributed by atoms with Gasteiger partial charge in [-0.05, 0) is 69.5 Å². The third kappa shape index (κ3) is 5.85. The summed E-state index contributed by atoms with van der Waals surface area (Å²) in [5.74, 6) is 0.540. The lowest BCUT2D eigenvalue weighted by atomic mass is 9.99. The first-order valence-corrected chi connectivity index (χ1v) is 11.4. The van der Waals surface area contributed by atoms with E-state index in [2.05, 4.69) is 13.8 Å². The number of furan rings is 1. The first kappa shape index (κ1) is 24.6. The Bertz CT molecular complexity index is 1000. The number of benzene rings is 1. The molecule has 1 unspecified atom stereocenters. The summed E-state index contributed by atoms with van der Waals surface area (Å²) in [5, 5.41) is 11.1.